The van der Waals surface area contributed by atoms with E-state index in [1.165, 1.54) is 14.2 Å². The van der Waals surface area contributed by atoms with Crippen molar-refractivity contribution in [2.24, 2.45) is 7.05 Å². The maximum atomic E-state index is 13.3. The minimum atomic E-state index is -2.86. The number of ketones is 1. The number of amides is 1. The van der Waals surface area contributed by atoms with Crippen molar-refractivity contribution in [3.8, 4) is 11.1 Å². The molecule has 0 atom stereocenters. The van der Waals surface area contributed by atoms with Crippen molar-refractivity contribution >= 4 is 29.0 Å². The fourth-order valence-corrected chi connectivity index (χ4v) is 3.18. The van der Waals surface area contributed by atoms with Gasteiger partial charge in [0.15, 0.2) is 11.5 Å². The molecule has 0 saturated carbocycles. The third kappa shape index (κ3) is 4.55. The molecule has 0 aliphatic rings. The lowest BCUT2D eigenvalue weighted by atomic mass is 9.95. The van der Waals surface area contributed by atoms with Gasteiger partial charge in [-0.15, -0.1) is 0 Å². The molecule has 1 N–H and O–H groups in total. The zero-order chi connectivity index (χ0) is 21.8. The SMILES string of the molecule is COCC(=O)c1cccc(NC(=O)c2nn(C)cc2C(F)F)c1-c1ccc(Cl)cc1. The molecule has 9 heteroatoms. The summed E-state index contributed by atoms with van der Waals surface area (Å²) >= 11 is 5.97. The Balaban J connectivity index is 2.08. The molecule has 0 unspecified atom stereocenters. The van der Waals surface area contributed by atoms with Gasteiger partial charge in [0.25, 0.3) is 12.3 Å². The lowest BCUT2D eigenvalue weighted by molar-refractivity contribution is 0.0848. The fourth-order valence-electron chi connectivity index (χ4n) is 3.05. The van der Waals surface area contributed by atoms with Gasteiger partial charge in [0.2, 0.25) is 0 Å². The monoisotopic (exact) mass is 433 g/mol. The topological polar surface area (TPSA) is 73.2 Å². The standard InChI is InChI=1S/C21H18ClF2N3O3/c1-27-10-15(20(23)24)19(26-27)21(29)25-16-5-3-4-14(17(28)11-30-2)18(16)12-6-8-13(22)9-7-12/h3-10,20H,11H2,1-2H3,(H,25,29). The zero-order valence-corrected chi connectivity index (χ0v) is 16.9. The van der Waals surface area contributed by atoms with Crippen molar-refractivity contribution in [1.82, 2.24) is 9.78 Å². The third-order valence-electron chi connectivity index (χ3n) is 4.33. The summed E-state index contributed by atoms with van der Waals surface area (Å²) in [6.07, 6.45) is -1.76. The van der Waals surface area contributed by atoms with Crippen LogP contribution < -0.4 is 5.32 Å². The van der Waals surface area contributed by atoms with E-state index >= 15 is 0 Å². The number of aromatic nitrogens is 2. The van der Waals surface area contributed by atoms with E-state index in [2.05, 4.69) is 10.4 Å². The highest BCUT2D eigenvalue weighted by Gasteiger charge is 2.24. The first-order valence-corrected chi connectivity index (χ1v) is 9.23. The van der Waals surface area contributed by atoms with Gasteiger partial charge in [-0.1, -0.05) is 35.9 Å². The van der Waals surface area contributed by atoms with E-state index in [0.717, 1.165) is 10.9 Å². The first-order chi connectivity index (χ1) is 14.3. The van der Waals surface area contributed by atoms with E-state index in [-0.39, 0.29) is 23.8 Å². The molecule has 2 aromatic carbocycles. The minimum Gasteiger partial charge on any atom is -0.377 e. The van der Waals surface area contributed by atoms with Gasteiger partial charge in [-0.3, -0.25) is 14.3 Å². The number of nitrogens with one attached hydrogen (secondary N) is 1. The molecule has 0 saturated heterocycles. The van der Waals surface area contributed by atoms with Gasteiger partial charge in [0.1, 0.15) is 6.61 Å². The summed E-state index contributed by atoms with van der Waals surface area (Å²) in [4.78, 5) is 25.3. The molecule has 0 radical (unpaired) electrons. The molecule has 6 nitrogen and oxygen atoms in total. The number of alkyl halides is 2. The van der Waals surface area contributed by atoms with Gasteiger partial charge in [-0.25, -0.2) is 8.78 Å². The van der Waals surface area contributed by atoms with E-state index in [1.807, 2.05) is 0 Å². The molecule has 0 aliphatic carbocycles. The van der Waals surface area contributed by atoms with Crippen LogP contribution >= 0.6 is 11.6 Å². The number of methoxy groups -OCH3 is 1. The molecular weight excluding hydrogens is 416 g/mol. The number of anilines is 1. The van der Waals surface area contributed by atoms with Crippen LogP contribution in [0.5, 0.6) is 0 Å². The third-order valence-corrected chi connectivity index (χ3v) is 4.58. The molecule has 1 aromatic heterocycles. The first kappa shape index (κ1) is 21.6. The molecule has 1 amide bonds. The van der Waals surface area contributed by atoms with Crippen LogP contribution in [0.4, 0.5) is 14.5 Å². The predicted octanol–water partition coefficient (Wildman–Crippen LogP) is 4.76. The highest BCUT2D eigenvalue weighted by molar-refractivity contribution is 6.30. The molecule has 1 heterocycles. The maximum absolute atomic E-state index is 13.3. The molecule has 0 fully saturated rings. The van der Waals surface area contributed by atoms with Crippen molar-refractivity contribution in [3.05, 3.63) is 70.5 Å². The molecule has 3 aromatic rings. The Kier molecular flexibility index (Phi) is 6.59. The lowest BCUT2D eigenvalue weighted by Gasteiger charge is -2.15. The Bertz CT molecular complexity index is 1080. The summed E-state index contributed by atoms with van der Waals surface area (Å²) in [6, 6.07) is 11.5. The number of aryl methyl sites for hydroxylation is 1. The number of nitrogens with zero attached hydrogens (tertiary/aromatic N) is 2. The van der Waals surface area contributed by atoms with E-state index in [1.54, 1.807) is 42.5 Å². The van der Waals surface area contributed by atoms with Crippen LogP contribution in [-0.4, -0.2) is 35.2 Å². The van der Waals surface area contributed by atoms with Gasteiger partial charge in [0, 0.05) is 42.2 Å². The van der Waals surface area contributed by atoms with Crippen molar-refractivity contribution in [2.45, 2.75) is 6.43 Å². The van der Waals surface area contributed by atoms with Crippen LogP contribution in [0.15, 0.2) is 48.7 Å². The Morgan fingerprint density at radius 1 is 1.20 bits per heavy atom. The summed E-state index contributed by atoms with van der Waals surface area (Å²) in [7, 11) is 2.85. The Hall–Kier alpha value is -3.10. The first-order valence-electron chi connectivity index (χ1n) is 8.86. The normalized spacial score (nSPS) is 11.0. The summed E-state index contributed by atoms with van der Waals surface area (Å²) in [6.45, 7) is -0.159. The number of carbonyl (C=O) groups is 2. The van der Waals surface area contributed by atoms with E-state index in [0.29, 0.717) is 21.7 Å². The number of benzene rings is 2. The van der Waals surface area contributed by atoms with Crippen LogP contribution in [-0.2, 0) is 11.8 Å². The average Bonchev–Trinajstić information content (AvgIpc) is 3.11. The Morgan fingerprint density at radius 2 is 1.90 bits per heavy atom. The molecule has 156 valence electrons. The van der Waals surface area contributed by atoms with Crippen LogP contribution in [0.3, 0.4) is 0 Å². The predicted molar refractivity (Wildman–Crippen MR) is 109 cm³/mol. The van der Waals surface area contributed by atoms with E-state index < -0.39 is 17.9 Å². The van der Waals surface area contributed by atoms with Crippen LogP contribution in [0.2, 0.25) is 5.02 Å². The van der Waals surface area contributed by atoms with Gasteiger partial charge in [0.05, 0.1) is 5.56 Å². The minimum absolute atomic E-state index is 0.159. The highest BCUT2D eigenvalue weighted by Crippen LogP contribution is 2.34. The van der Waals surface area contributed by atoms with Crippen molar-refractivity contribution in [3.63, 3.8) is 0 Å². The molecule has 3 rings (SSSR count). The largest absolute Gasteiger partial charge is 0.377 e. The fraction of sp³-hybridized carbons (Fsp3) is 0.190. The lowest BCUT2D eigenvalue weighted by Crippen LogP contribution is -2.17. The second-order valence-corrected chi connectivity index (χ2v) is 6.89. The van der Waals surface area contributed by atoms with Crippen LogP contribution in [0.25, 0.3) is 11.1 Å². The van der Waals surface area contributed by atoms with Crippen LogP contribution in [0.1, 0.15) is 32.8 Å². The Labute approximate surface area is 176 Å². The number of carbonyl (C=O) groups excluding carboxylic acids is 2. The smallest absolute Gasteiger partial charge is 0.276 e. The van der Waals surface area contributed by atoms with Crippen LogP contribution in [0, 0.1) is 0 Å². The number of hydrogen-bond acceptors (Lipinski definition) is 4. The zero-order valence-electron chi connectivity index (χ0n) is 16.2. The second-order valence-electron chi connectivity index (χ2n) is 6.45. The average molecular weight is 434 g/mol. The number of Topliss-reactive ketones (excluding diaryl/α,β-unsaturated/α-hetero) is 1. The van der Waals surface area contributed by atoms with Gasteiger partial charge < -0.3 is 10.1 Å². The highest BCUT2D eigenvalue weighted by atomic mass is 35.5. The number of ether oxygens (including phenoxy) is 1. The van der Waals surface area contributed by atoms with Crippen molar-refractivity contribution in [1.29, 1.82) is 0 Å². The maximum Gasteiger partial charge on any atom is 0.276 e. The van der Waals surface area contributed by atoms with E-state index in [4.69, 9.17) is 16.3 Å². The summed E-state index contributed by atoms with van der Waals surface area (Å²) in [5, 5.41) is 6.96. The quantitative estimate of drug-likeness (QED) is 0.545. The second kappa shape index (κ2) is 9.15. The number of halogens is 3. The molecule has 0 spiro atoms. The summed E-state index contributed by atoms with van der Waals surface area (Å²) in [5.41, 5.74) is 0.768. The van der Waals surface area contributed by atoms with E-state index in [9.17, 15) is 18.4 Å². The van der Waals surface area contributed by atoms with Gasteiger partial charge in [-0.2, -0.15) is 5.10 Å². The molecule has 30 heavy (non-hydrogen) atoms. The molecular formula is C21H18ClF2N3O3. The summed E-state index contributed by atoms with van der Waals surface area (Å²) < 4.78 is 32.6. The Morgan fingerprint density at radius 3 is 2.53 bits per heavy atom. The van der Waals surface area contributed by atoms with Gasteiger partial charge >= 0.3 is 0 Å². The molecule has 0 aliphatic heterocycles. The van der Waals surface area contributed by atoms with Crippen molar-refractivity contribution < 1.29 is 23.1 Å². The molecule has 0 bridgehead atoms. The summed E-state index contributed by atoms with van der Waals surface area (Å²) in [5.74, 6) is -1.11. The van der Waals surface area contributed by atoms with Crippen molar-refractivity contribution in [2.75, 3.05) is 19.0 Å². The number of rotatable bonds is 7. The number of hydrogen-bond donors (Lipinski definition) is 1. The van der Waals surface area contributed by atoms with Gasteiger partial charge in [-0.05, 0) is 23.8 Å².